The quantitative estimate of drug-likeness (QED) is 0.269. The molecule has 0 spiro atoms. The molecular formula is C16H35NO5S. The Hall–Kier alpha value is -0.660. The van der Waals surface area contributed by atoms with Crippen molar-refractivity contribution in [3.05, 3.63) is 0 Å². The van der Waals surface area contributed by atoms with Crippen molar-refractivity contribution in [1.29, 1.82) is 0 Å². The Morgan fingerprint density at radius 2 is 1.30 bits per heavy atom. The molecule has 0 saturated heterocycles. The summed E-state index contributed by atoms with van der Waals surface area (Å²) in [5.41, 5.74) is 0. The fourth-order valence-electron chi connectivity index (χ4n) is 2.26. The first kappa shape index (κ1) is 24.6. The molecule has 0 aromatic heterocycles. The summed E-state index contributed by atoms with van der Waals surface area (Å²) in [6.07, 6.45) is 13.6. The number of hydrogen-bond acceptors (Lipinski definition) is 5. The molecule has 6 nitrogen and oxygen atoms in total. The number of unbranched alkanes of at least 4 members (excludes halogenated alkanes) is 10. The van der Waals surface area contributed by atoms with Crippen LogP contribution < -0.4 is 6.15 Å². The minimum absolute atomic E-state index is 0. The van der Waals surface area contributed by atoms with Crippen molar-refractivity contribution in [2.24, 2.45) is 0 Å². The van der Waals surface area contributed by atoms with Crippen LogP contribution in [0.2, 0.25) is 0 Å². The van der Waals surface area contributed by atoms with E-state index in [2.05, 4.69) is 6.92 Å². The van der Waals surface area contributed by atoms with Crippen LogP contribution in [-0.4, -0.2) is 31.3 Å². The standard InChI is InChI=1S/C16H32O5S.H3N/c1-2-3-4-5-6-7-8-9-10-11-12-13-16(17)21-14-15-22(18,19)20;/h2-15H2,1H3,(H,18,19,20);1H3. The van der Waals surface area contributed by atoms with Gasteiger partial charge in [-0.05, 0) is 6.42 Å². The third-order valence-corrected chi connectivity index (χ3v) is 4.25. The number of carbonyl (C=O) groups is 1. The third-order valence-electron chi connectivity index (χ3n) is 3.58. The van der Waals surface area contributed by atoms with Crippen LogP contribution in [0.4, 0.5) is 0 Å². The zero-order chi connectivity index (χ0) is 16.7. The van der Waals surface area contributed by atoms with Gasteiger partial charge < -0.3 is 15.4 Å². The molecule has 0 aliphatic rings. The van der Waals surface area contributed by atoms with Gasteiger partial charge in [-0.2, -0.15) is 0 Å². The molecular weight excluding hydrogens is 318 g/mol. The van der Waals surface area contributed by atoms with Crippen LogP contribution in [0, 0.1) is 0 Å². The van der Waals surface area contributed by atoms with Crippen LogP contribution in [0.5, 0.6) is 0 Å². The Kier molecular flexibility index (Phi) is 17.3. The summed E-state index contributed by atoms with van der Waals surface area (Å²) in [5, 5.41) is 0. The largest absolute Gasteiger partial charge is 0.748 e. The Balaban J connectivity index is 0. The molecule has 0 saturated carbocycles. The van der Waals surface area contributed by atoms with Crippen molar-refractivity contribution >= 4 is 16.1 Å². The molecule has 0 amide bonds. The van der Waals surface area contributed by atoms with Crippen molar-refractivity contribution in [3.63, 3.8) is 0 Å². The summed E-state index contributed by atoms with van der Waals surface area (Å²) in [4.78, 5) is 11.3. The molecule has 23 heavy (non-hydrogen) atoms. The van der Waals surface area contributed by atoms with Gasteiger partial charge in [0.1, 0.15) is 6.61 Å². The molecule has 0 heterocycles. The molecule has 7 heteroatoms. The van der Waals surface area contributed by atoms with Gasteiger partial charge in [-0.3, -0.25) is 4.79 Å². The van der Waals surface area contributed by atoms with Gasteiger partial charge in [0.05, 0.1) is 15.9 Å². The highest BCUT2D eigenvalue weighted by Gasteiger charge is 2.04. The molecule has 0 radical (unpaired) electrons. The topological polar surface area (TPSA) is 120 Å². The molecule has 0 aliphatic carbocycles. The van der Waals surface area contributed by atoms with Gasteiger partial charge in [-0.25, -0.2) is 8.42 Å². The normalized spacial score (nSPS) is 11.0. The first-order chi connectivity index (χ1) is 10.5. The van der Waals surface area contributed by atoms with Gasteiger partial charge >= 0.3 is 5.97 Å². The number of rotatable bonds is 15. The van der Waals surface area contributed by atoms with Gasteiger partial charge in [0, 0.05) is 6.42 Å². The maximum Gasteiger partial charge on any atom is 0.305 e. The molecule has 0 bridgehead atoms. The van der Waals surface area contributed by atoms with Crippen molar-refractivity contribution < 1.29 is 22.5 Å². The first-order valence-electron chi connectivity index (χ1n) is 8.55. The number of esters is 1. The lowest BCUT2D eigenvalue weighted by Crippen LogP contribution is -2.14. The predicted octanol–water partition coefficient (Wildman–Crippen LogP) is 4.15. The summed E-state index contributed by atoms with van der Waals surface area (Å²) in [5.74, 6) is -1.06. The van der Waals surface area contributed by atoms with Gasteiger partial charge in [0.2, 0.25) is 0 Å². The number of ether oxygens (including phenoxy) is 1. The van der Waals surface area contributed by atoms with E-state index < -0.39 is 21.8 Å². The van der Waals surface area contributed by atoms with Crippen LogP contribution in [0.1, 0.15) is 84.0 Å². The average Bonchev–Trinajstić information content (AvgIpc) is 2.43. The summed E-state index contributed by atoms with van der Waals surface area (Å²) in [6.45, 7) is 1.89. The zero-order valence-electron chi connectivity index (χ0n) is 14.8. The van der Waals surface area contributed by atoms with Gasteiger partial charge in [0.15, 0.2) is 0 Å². The van der Waals surface area contributed by atoms with Crippen molar-refractivity contribution in [1.82, 2.24) is 6.15 Å². The molecule has 0 fully saturated rings. The summed E-state index contributed by atoms with van der Waals surface area (Å²) in [6, 6.07) is 0. The van der Waals surface area contributed by atoms with E-state index in [0.29, 0.717) is 6.42 Å². The zero-order valence-corrected chi connectivity index (χ0v) is 15.7. The molecule has 0 aromatic carbocycles. The number of quaternary nitrogens is 1. The second kappa shape index (κ2) is 16.2. The Bertz CT molecular complexity index is 371. The summed E-state index contributed by atoms with van der Waals surface area (Å²) >= 11 is 0. The molecule has 0 rings (SSSR count). The summed E-state index contributed by atoms with van der Waals surface area (Å²) < 4.78 is 35.7. The highest BCUT2D eigenvalue weighted by atomic mass is 32.2. The lowest BCUT2D eigenvalue weighted by atomic mass is 10.1. The second-order valence-electron chi connectivity index (χ2n) is 5.77. The van der Waals surface area contributed by atoms with E-state index in [1.807, 2.05) is 0 Å². The van der Waals surface area contributed by atoms with Gasteiger partial charge in [-0.1, -0.05) is 71.1 Å². The predicted molar refractivity (Wildman–Crippen MR) is 92.6 cm³/mol. The minimum Gasteiger partial charge on any atom is -0.748 e. The highest BCUT2D eigenvalue weighted by molar-refractivity contribution is 7.85. The fourth-order valence-corrected chi connectivity index (χ4v) is 2.55. The van der Waals surface area contributed by atoms with Crippen LogP contribution in [0.25, 0.3) is 0 Å². The maximum absolute atomic E-state index is 11.3. The first-order valence-corrected chi connectivity index (χ1v) is 10.1. The van der Waals surface area contributed by atoms with Crippen molar-refractivity contribution in [3.8, 4) is 0 Å². The molecule has 0 atom stereocenters. The van der Waals surface area contributed by atoms with Crippen LogP contribution >= 0.6 is 0 Å². The monoisotopic (exact) mass is 353 g/mol. The lowest BCUT2D eigenvalue weighted by Gasteiger charge is -2.07. The van der Waals surface area contributed by atoms with E-state index in [0.717, 1.165) is 19.3 Å². The maximum atomic E-state index is 11.3. The second-order valence-corrected chi connectivity index (χ2v) is 7.29. The third kappa shape index (κ3) is 21.3. The van der Waals surface area contributed by atoms with E-state index in [-0.39, 0.29) is 12.8 Å². The van der Waals surface area contributed by atoms with Gasteiger partial charge in [-0.15, -0.1) is 0 Å². The van der Waals surface area contributed by atoms with Crippen LogP contribution in [0.15, 0.2) is 0 Å². The Morgan fingerprint density at radius 3 is 1.74 bits per heavy atom. The lowest BCUT2D eigenvalue weighted by molar-refractivity contribution is -0.143. The van der Waals surface area contributed by atoms with Crippen LogP contribution in [0.3, 0.4) is 0 Å². The number of carbonyl (C=O) groups excluding carboxylic acids is 1. The van der Waals surface area contributed by atoms with Crippen LogP contribution in [-0.2, 0) is 19.6 Å². The molecule has 0 unspecified atom stereocenters. The SMILES string of the molecule is CCCCCCCCCCCCCC(=O)OCCS(=O)(=O)[O-].[NH4+]. The van der Waals surface area contributed by atoms with E-state index >= 15 is 0 Å². The van der Waals surface area contributed by atoms with Crippen molar-refractivity contribution in [2.75, 3.05) is 12.4 Å². The average molecular weight is 354 g/mol. The Morgan fingerprint density at radius 1 is 0.870 bits per heavy atom. The minimum atomic E-state index is -4.29. The van der Waals surface area contributed by atoms with Crippen molar-refractivity contribution in [2.45, 2.75) is 84.0 Å². The van der Waals surface area contributed by atoms with E-state index in [9.17, 15) is 17.8 Å². The van der Waals surface area contributed by atoms with E-state index in [4.69, 9.17) is 4.74 Å². The Labute approximate surface area is 141 Å². The summed E-state index contributed by atoms with van der Waals surface area (Å²) in [7, 11) is -4.29. The van der Waals surface area contributed by atoms with E-state index in [1.165, 1.54) is 51.4 Å². The molecule has 4 N–H and O–H groups in total. The van der Waals surface area contributed by atoms with Gasteiger partial charge in [0.25, 0.3) is 0 Å². The molecule has 140 valence electrons. The molecule has 0 aliphatic heterocycles. The highest BCUT2D eigenvalue weighted by Crippen LogP contribution is 2.12. The number of hydrogen-bond donors (Lipinski definition) is 1. The smallest absolute Gasteiger partial charge is 0.305 e. The fraction of sp³-hybridized carbons (Fsp3) is 0.938. The molecule has 0 aromatic rings. The van der Waals surface area contributed by atoms with E-state index in [1.54, 1.807) is 0 Å².